The summed E-state index contributed by atoms with van der Waals surface area (Å²) in [6.07, 6.45) is -4.16. The van der Waals surface area contributed by atoms with Crippen LogP contribution in [-0.4, -0.2) is 42.0 Å². The van der Waals surface area contributed by atoms with Crippen LogP contribution in [0.3, 0.4) is 0 Å². The minimum absolute atomic E-state index is 0.0283. The molecule has 1 N–H and O–H groups in total. The monoisotopic (exact) mass is 510 g/mol. The highest BCUT2D eigenvalue weighted by atomic mass is 19.4. The molecule has 0 saturated carbocycles. The zero-order valence-corrected chi connectivity index (χ0v) is 17.7. The number of halogens is 8. The number of fused-ring (bicyclic) bond motifs is 1. The van der Waals surface area contributed by atoms with E-state index < -0.39 is 55.4 Å². The molecule has 190 valence electrons. The lowest BCUT2D eigenvalue weighted by Gasteiger charge is -2.36. The zero-order valence-electron chi connectivity index (χ0n) is 17.7. The van der Waals surface area contributed by atoms with Crippen molar-refractivity contribution < 1.29 is 49.4 Å². The Hall–Kier alpha value is -3.15. The summed E-state index contributed by atoms with van der Waals surface area (Å²) in [6, 6.07) is 13.7. The van der Waals surface area contributed by atoms with Gasteiger partial charge in [0, 0.05) is 24.5 Å². The second kappa shape index (κ2) is 9.48. The first kappa shape index (κ1) is 26.5. The van der Waals surface area contributed by atoms with Gasteiger partial charge in [0.05, 0.1) is 18.6 Å². The van der Waals surface area contributed by atoms with Crippen molar-refractivity contribution in [2.24, 2.45) is 0 Å². The van der Waals surface area contributed by atoms with Gasteiger partial charge in [-0.05, 0) is 23.8 Å². The van der Waals surface area contributed by atoms with Crippen LogP contribution in [-0.2, 0) is 0 Å². The number of alkyl halides is 8. The summed E-state index contributed by atoms with van der Waals surface area (Å²) in [4.78, 5) is 12.3. The van der Waals surface area contributed by atoms with Crippen LogP contribution in [0.5, 0.6) is 5.75 Å². The minimum Gasteiger partial charge on any atom is -0.493 e. The molecule has 0 radical (unpaired) electrons. The SMILES string of the molecule is O=c1oc2cc(OCCC(F)(F)C(F)(F)C(F)(F)C(F)(F)CCO)ccc2cc1-c1ccccc1. The quantitative estimate of drug-likeness (QED) is 0.263. The Morgan fingerprint density at radius 2 is 1.40 bits per heavy atom. The molecule has 0 atom stereocenters. The first-order valence-electron chi connectivity index (χ1n) is 10.1. The van der Waals surface area contributed by atoms with Gasteiger partial charge in [-0.2, -0.15) is 35.1 Å². The largest absolute Gasteiger partial charge is 0.493 e. The maximum Gasteiger partial charge on any atom is 0.378 e. The van der Waals surface area contributed by atoms with Crippen LogP contribution in [0.25, 0.3) is 22.1 Å². The van der Waals surface area contributed by atoms with E-state index in [9.17, 15) is 39.9 Å². The Balaban J connectivity index is 1.75. The molecule has 0 fully saturated rings. The molecule has 3 rings (SSSR count). The average Bonchev–Trinajstić information content (AvgIpc) is 2.78. The van der Waals surface area contributed by atoms with Crippen molar-refractivity contribution in [3.8, 4) is 16.9 Å². The van der Waals surface area contributed by atoms with Crippen molar-refractivity contribution in [2.75, 3.05) is 13.2 Å². The third-order valence-electron chi connectivity index (χ3n) is 5.22. The molecule has 1 heterocycles. The third kappa shape index (κ3) is 4.97. The number of aliphatic hydroxyl groups is 1. The molecular formula is C23H18F8O4. The maximum atomic E-state index is 13.9. The Bertz CT molecular complexity index is 1230. The molecule has 0 aliphatic rings. The van der Waals surface area contributed by atoms with Gasteiger partial charge in [-0.15, -0.1) is 0 Å². The fourth-order valence-electron chi connectivity index (χ4n) is 3.21. The molecule has 0 unspecified atom stereocenters. The van der Waals surface area contributed by atoms with E-state index in [0.717, 1.165) is 6.07 Å². The van der Waals surface area contributed by atoms with E-state index in [1.54, 1.807) is 30.3 Å². The summed E-state index contributed by atoms with van der Waals surface area (Å²) < 4.78 is 119. The van der Waals surface area contributed by atoms with Gasteiger partial charge < -0.3 is 14.3 Å². The highest BCUT2D eigenvalue weighted by Crippen LogP contribution is 2.54. The summed E-state index contributed by atoms with van der Waals surface area (Å²) in [5.74, 6) is -24.3. The van der Waals surface area contributed by atoms with Crippen LogP contribution in [0.4, 0.5) is 35.1 Å². The lowest BCUT2D eigenvalue weighted by Crippen LogP contribution is -2.62. The van der Waals surface area contributed by atoms with Gasteiger partial charge in [-0.3, -0.25) is 0 Å². The van der Waals surface area contributed by atoms with Gasteiger partial charge in [0.15, 0.2) is 0 Å². The van der Waals surface area contributed by atoms with Crippen LogP contribution >= 0.6 is 0 Å². The molecular weight excluding hydrogens is 492 g/mol. The summed E-state index contributed by atoms with van der Waals surface area (Å²) in [5.41, 5.74) is 0.0677. The summed E-state index contributed by atoms with van der Waals surface area (Å²) in [7, 11) is 0. The molecule has 12 heteroatoms. The van der Waals surface area contributed by atoms with Gasteiger partial charge in [0.25, 0.3) is 0 Å². The average molecular weight is 510 g/mol. The molecule has 0 bridgehead atoms. The van der Waals surface area contributed by atoms with Gasteiger partial charge in [0.2, 0.25) is 0 Å². The normalized spacial score (nSPS) is 13.3. The number of hydrogen-bond donors (Lipinski definition) is 1. The molecule has 3 aromatic rings. The van der Waals surface area contributed by atoms with E-state index in [2.05, 4.69) is 0 Å². The fraction of sp³-hybridized carbons (Fsp3) is 0.348. The summed E-state index contributed by atoms with van der Waals surface area (Å²) in [5, 5.41) is 8.79. The van der Waals surface area contributed by atoms with Gasteiger partial charge in [0.1, 0.15) is 11.3 Å². The molecule has 0 spiro atoms. The van der Waals surface area contributed by atoms with Crippen molar-refractivity contribution in [1.29, 1.82) is 0 Å². The van der Waals surface area contributed by atoms with Gasteiger partial charge in [-0.1, -0.05) is 30.3 Å². The molecule has 4 nitrogen and oxygen atoms in total. The molecule has 0 amide bonds. The van der Waals surface area contributed by atoms with Crippen molar-refractivity contribution in [3.05, 3.63) is 65.0 Å². The zero-order chi connectivity index (χ0) is 26.1. The Morgan fingerprint density at radius 1 is 0.800 bits per heavy atom. The molecule has 0 aliphatic carbocycles. The first-order valence-corrected chi connectivity index (χ1v) is 10.1. The topological polar surface area (TPSA) is 59.7 Å². The fourth-order valence-corrected chi connectivity index (χ4v) is 3.21. The Labute approximate surface area is 192 Å². The number of ether oxygens (including phenoxy) is 1. The first-order chi connectivity index (χ1) is 16.2. The van der Waals surface area contributed by atoms with Gasteiger partial charge in [-0.25, -0.2) is 4.79 Å². The second-order valence-electron chi connectivity index (χ2n) is 7.64. The van der Waals surface area contributed by atoms with Crippen molar-refractivity contribution in [2.45, 2.75) is 36.5 Å². The van der Waals surface area contributed by atoms with E-state index in [-0.39, 0.29) is 16.9 Å². The molecule has 1 aromatic heterocycles. The Morgan fingerprint density at radius 3 is 2.00 bits per heavy atom. The van der Waals surface area contributed by atoms with E-state index in [4.69, 9.17) is 14.3 Å². The van der Waals surface area contributed by atoms with E-state index >= 15 is 0 Å². The maximum absolute atomic E-state index is 13.9. The number of aliphatic hydroxyl groups excluding tert-OH is 1. The van der Waals surface area contributed by atoms with Crippen LogP contribution in [0.2, 0.25) is 0 Å². The third-order valence-corrected chi connectivity index (χ3v) is 5.22. The molecule has 0 aliphatic heterocycles. The Kier molecular flexibility index (Phi) is 7.16. The van der Waals surface area contributed by atoms with Crippen molar-refractivity contribution in [1.82, 2.24) is 0 Å². The van der Waals surface area contributed by atoms with Gasteiger partial charge >= 0.3 is 29.3 Å². The van der Waals surface area contributed by atoms with Crippen molar-refractivity contribution in [3.63, 3.8) is 0 Å². The predicted octanol–water partition coefficient (Wildman–Crippen LogP) is 6.15. The standard InChI is InChI=1S/C23H18F8O4/c24-20(25,8-10-32)22(28,29)23(30,31)21(26,27)9-11-34-16-7-6-15-12-17(14-4-2-1-3-5-14)19(33)35-18(15)13-16/h1-7,12-13,32H,8-11H2. The molecule has 35 heavy (non-hydrogen) atoms. The highest BCUT2D eigenvalue weighted by molar-refractivity contribution is 5.82. The lowest BCUT2D eigenvalue weighted by atomic mass is 9.95. The van der Waals surface area contributed by atoms with Crippen LogP contribution < -0.4 is 10.4 Å². The van der Waals surface area contributed by atoms with E-state index in [0.29, 0.717) is 10.9 Å². The second-order valence-corrected chi connectivity index (χ2v) is 7.64. The number of rotatable bonds is 10. The van der Waals surface area contributed by atoms with Crippen LogP contribution in [0, 0.1) is 0 Å². The molecule has 2 aromatic carbocycles. The van der Waals surface area contributed by atoms with Crippen LogP contribution in [0.1, 0.15) is 12.8 Å². The minimum atomic E-state index is -6.44. The summed E-state index contributed by atoms with van der Waals surface area (Å²) in [6.45, 7) is -2.86. The highest BCUT2D eigenvalue weighted by Gasteiger charge is 2.79. The lowest BCUT2D eigenvalue weighted by molar-refractivity contribution is -0.368. The van der Waals surface area contributed by atoms with E-state index in [1.165, 1.54) is 18.2 Å². The molecule has 0 saturated heterocycles. The predicted molar refractivity (Wildman–Crippen MR) is 110 cm³/mol. The number of hydrogen-bond acceptors (Lipinski definition) is 4. The smallest absolute Gasteiger partial charge is 0.378 e. The van der Waals surface area contributed by atoms with Crippen LogP contribution in [0.15, 0.2) is 63.8 Å². The van der Waals surface area contributed by atoms with Crippen molar-refractivity contribution >= 4 is 11.0 Å². The number of benzene rings is 2. The summed E-state index contributed by atoms with van der Waals surface area (Å²) >= 11 is 0. The van der Waals surface area contributed by atoms with E-state index in [1.807, 2.05) is 0 Å².